The second kappa shape index (κ2) is 26.7. The molecule has 1 aliphatic heterocycles. The van der Waals surface area contributed by atoms with E-state index in [4.69, 9.17) is 24.8 Å². The van der Waals surface area contributed by atoms with Crippen LogP contribution in [-0.4, -0.2) is 156 Å². The molecule has 326 valence electrons. The summed E-state index contributed by atoms with van der Waals surface area (Å²) in [7, 11) is 6.72. The van der Waals surface area contributed by atoms with Gasteiger partial charge in [-0.1, -0.05) is 71.4 Å². The Morgan fingerprint density at radius 1 is 0.912 bits per heavy atom. The van der Waals surface area contributed by atoms with Crippen LogP contribution in [0, 0.1) is 17.8 Å². The summed E-state index contributed by atoms with van der Waals surface area (Å²) in [5, 5.41) is 6.00. The summed E-state index contributed by atoms with van der Waals surface area (Å²) in [5.41, 5.74) is 1.14. The van der Waals surface area contributed by atoms with Gasteiger partial charge in [-0.05, 0) is 50.6 Å². The van der Waals surface area contributed by atoms with Crippen molar-refractivity contribution in [2.45, 2.75) is 110 Å². The zero-order chi connectivity index (χ0) is 42.5. The van der Waals surface area contributed by atoms with E-state index in [2.05, 4.69) is 15.5 Å². The van der Waals surface area contributed by atoms with Crippen molar-refractivity contribution in [2.75, 3.05) is 81.0 Å². The van der Waals surface area contributed by atoms with Crippen molar-refractivity contribution in [3.63, 3.8) is 0 Å². The lowest BCUT2D eigenvalue weighted by atomic mass is 9.90. The van der Waals surface area contributed by atoms with Gasteiger partial charge < -0.3 is 44.2 Å². The van der Waals surface area contributed by atoms with Crippen molar-refractivity contribution < 1.29 is 43.0 Å². The molecule has 0 saturated carbocycles. The number of nitrogens with zero attached hydrogens (tertiary/aromatic N) is 3. The molecular formula is C42H74N6O9. The molecule has 1 fully saturated rings. The first-order chi connectivity index (χ1) is 27.2. The van der Waals surface area contributed by atoms with E-state index in [1.54, 1.807) is 26.2 Å². The highest BCUT2D eigenvalue weighted by atomic mass is 16.6. The Kier molecular flexibility index (Phi) is 23.4. The van der Waals surface area contributed by atoms with Crippen molar-refractivity contribution in [1.82, 2.24) is 25.3 Å². The molecule has 1 aromatic rings. The van der Waals surface area contributed by atoms with Gasteiger partial charge in [0, 0.05) is 40.4 Å². The fourth-order valence-corrected chi connectivity index (χ4v) is 7.90. The minimum Gasteiger partial charge on any atom is -0.379 e. The van der Waals surface area contributed by atoms with E-state index in [1.165, 1.54) is 0 Å². The van der Waals surface area contributed by atoms with Crippen LogP contribution in [0.25, 0.3) is 0 Å². The molecule has 8 atom stereocenters. The van der Waals surface area contributed by atoms with E-state index in [9.17, 15) is 19.2 Å². The van der Waals surface area contributed by atoms with Gasteiger partial charge in [-0.3, -0.25) is 24.1 Å². The maximum absolute atomic E-state index is 14.1. The molecule has 0 aliphatic carbocycles. The number of hydrogen-bond acceptors (Lipinski definition) is 11. The molecule has 1 aromatic carbocycles. The fourth-order valence-electron chi connectivity index (χ4n) is 7.90. The predicted molar refractivity (Wildman–Crippen MR) is 220 cm³/mol. The van der Waals surface area contributed by atoms with Gasteiger partial charge in [-0.2, -0.15) is 0 Å². The molecule has 7 unspecified atom stereocenters. The van der Waals surface area contributed by atoms with Crippen LogP contribution in [0.15, 0.2) is 30.3 Å². The lowest BCUT2D eigenvalue weighted by Gasteiger charge is -2.39. The highest BCUT2D eigenvalue weighted by Gasteiger charge is 2.42. The predicted octanol–water partition coefficient (Wildman–Crippen LogP) is 2.65. The first-order valence-corrected chi connectivity index (χ1v) is 20.6. The monoisotopic (exact) mass is 807 g/mol. The normalized spacial score (nSPS) is 18.1. The van der Waals surface area contributed by atoms with Crippen LogP contribution in [0.5, 0.6) is 0 Å². The molecule has 1 heterocycles. The van der Waals surface area contributed by atoms with Crippen LogP contribution in [0.2, 0.25) is 0 Å². The van der Waals surface area contributed by atoms with Gasteiger partial charge in [0.2, 0.25) is 23.6 Å². The molecule has 0 spiro atoms. The number of nitrogens with one attached hydrogen (secondary N) is 2. The quantitative estimate of drug-likeness (QED) is 0.0840. The molecule has 15 nitrogen and oxygen atoms in total. The molecule has 57 heavy (non-hydrogen) atoms. The molecule has 1 aliphatic rings. The summed E-state index contributed by atoms with van der Waals surface area (Å²) in [6.45, 7) is 14.6. The second-order valence-electron chi connectivity index (χ2n) is 15.7. The summed E-state index contributed by atoms with van der Waals surface area (Å²) >= 11 is 0. The van der Waals surface area contributed by atoms with Gasteiger partial charge in [0.25, 0.3) is 0 Å². The number of likely N-dealkylation sites (N-methyl/N-ethyl adjacent to an activating group) is 2. The molecule has 0 radical (unpaired) electrons. The Morgan fingerprint density at radius 2 is 1.56 bits per heavy atom. The molecule has 15 heteroatoms. The largest absolute Gasteiger partial charge is 0.379 e. The van der Waals surface area contributed by atoms with Crippen molar-refractivity contribution in [2.24, 2.45) is 23.7 Å². The SMILES string of the molecule is CCC(C)[C@@H](C(CC(=O)N1CCCC1C(OC)C(C)C(=O)NC(C)Cc1ccccc1)OC)N(C)C(=O)CNC(=O)C(C(C)C)N(C)CCOCCOCCON. The lowest BCUT2D eigenvalue weighted by Crippen LogP contribution is -2.55. The summed E-state index contributed by atoms with van der Waals surface area (Å²) in [6, 6.07) is 8.76. The Balaban J connectivity index is 2.04. The van der Waals surface area contributed by atoms with Crippen LogP contribution < -0.4 is 16.5 Å². The molecule has 1 saturated heterocycles. The van der Waals surface area contributed by atoms with Gasteiger partial charge >= 0.3 is 0 Å². The van der Waals surface area contributed by atoms with Crippen molar-refractivity contribution in [3.05, 3.63) is 35.9 Å². The molecule has 0 bridgehead atoms. The third kappa shape index (κ3) is 16.2. The second-order valence-corrected chi connectivity index (χ2v) is 15.7. The summed E-state index contributed by atoms with van der Waals surface area (Å²) in [6.07, 6.45) is 1.91. The van der Waals surface area contributed by atoms with E-state index in [0.29, 0.717) is 59.0 Å². The maximum Gasteiger partial charge on any atom is 0.242 e. The standard InChI is InChI=1S/C42H74N6O9/c1-11-30(4)39(47(8)37(50)28-44-42(52)38(29(2)3)46(7)20-21-55-22-23-56-24-25-57-43)35(53-9)27-36(49)48-19-15-18-34(48)40(54-10)32(6)41(51)45-31(5)26-33-16-13-12-14-17-33/h12-14,16-17,29-32,34-35,38-40H,11,15,18-28,43H2,1-10H3,(H,44,52)(H,45,51)/t30?,31?,32?,34?,35?,38?,39-,40?/m0/s1. The Morgan fingerprint density at radius 3 is 2.16 bits per heavy atom. The Hall–Kier alpha value is -3.18. The van der Waals surface area contributed by atoms with Crippen molar-refractivity contribution in [1.29, 1.82) is 0 Å². The number of carbonyl (C=O) groups excluding carboxylic acids is 4. The molecule has 4 amide bonds. The number of ether oxygens (including phenoxy) is 4. The third-order valence-corrected chi connectivity index (χ3v) is 11.2. The van der Waals surface area contributed by atoms with E-state index in [0.717, 1.165) is 18.4 Å². The smallest absolute Gasteiger partial charge is 0.242 e. The van der Waals surface area contributed by atoms with Gasteiger partial charge in [0.15, 0.2) is 0 Å². The van der Waals surface area contributed by atoms with E-state index in [1.807, 2.05) is 88.7 Å². The molecule has 0 aromatic heterocycles. The van der Waals surface area contributed by atoms with Gasteiger partial charge in [0.1, 0.15) is 0 Å². The van der Waals surface area contributed by atoms with Crippen molar-refractivity contribution >= 4 is 23.6 Å². The zero-order valence-corrected chi connectivity index (χ0v) is 36.4. The summed E-state index contributed by atoms with van der Waals surface area (Å²) < 4.78 is 22.9. The number of benzene rings is 1. The highest BCUT2D eigenvalue weighted by Crippen LogP contribution is 2.29. The number of hydrogen-bond donors (Lipinski definition) is 3. The van der Waals surface area contributed by atoms with Gasteiger partial charge in [0.05, 0.1) is 82.3 Å². The van der Waals surface area contributed by atoms with E-state index < -0.39 is 30.2 Å². The first kappa shape index (κ1) is 50.0. The molecular weight excluding hydrogens is 732 g/mol. The van der Waals surface area contributed by atoms with Gasteiger partial charge in [-0.25, -0.2) is 5.90 Å². The topological polar surface area (TPSA) is 174 Å². The maximum atomic E-state index is 14.1. The van der Waals surface area contributed by atoms with Crippen LogP contribution in [0.4, 0.5) is 0 Å². The number of carbonyl (C=O) groups is 4. The summed E-state index contributed by atoms with van der Waals surface area (Å²) in [4.78, 5) is 64.5. The molecule has 4 N–H and O–H groups in total. The number of methoxy groups -OCH3 is 2. The number of likely N-dealkylation sites (tertiary alicyclic amines) is 1. The number of rotatable bonds is 28. The fraction of sp³-hybridized carbons (Fsp3) is 0.762. The van der Waals surface area contributed by atoms with E-state index in [-0.39, 0.29) is 60.5 Å². The van der Waals surface area contributed by atoms with E-state index >= 15 is 0 Å². The van der Waals surface area contributed by atoms with Gasteiger partial charge in [-0.15, -0.1) is 0 Å². The zero-order valence-electron chi connectivity index (χ0n) is 36.4. The summed E-state index contributed by atoms with van der Waals surface area (Å²) in [5.74, 6) is 3.71. The van der Waals surface area contributed by atoms with Crippen LogP contribution in [0.1, 0.15) is 72.8 Å². The minimum absolute atomic E-state index is 0.0102. The molecule has 2 rings (SSSR count). The Bertz CT molecular complexity index is 1320. The minimum atomic E-state index is -0.604. The average molecular weight is 807 g/mol. The average Bonchev–Trinajstić information content (AvgIpc) is 3.67. The van der Waals surface area contributed by atoms with Crippen LogP contribution in [0.3, 0.4) is 0 Å². The number of amides is 4. The van der Waals surface area contributed by atoms with Crippen molar-refractivity contribution in [3.8, 4) is 0 Å². The van der Waals surface area contributed by atoms with Crippen LogP contribution >= 0.6 is 0 Å². The number of nitrogens with two attached hydrogens (primary N) is 1. The Labute approximate surface area is 341 Å². The van der Waals surface area contributed by atoms with Crippen LogP contribution in [-0.2, 0) is 49.4 Å². The third-order valence-electron chi connectivity index (χ3n) is 11.2. The first-order valence-electron chi connectivity index (χ1n) is 20.6. The lowest BCUT2D eigenvalue weighted by molar-refractivity contribution is -0.146. The highest BCUT2D eigenvalue weighted by molar-refractivity contribution is 5.88.